The first-order chi connectivity index (χ1) is 14.3. The van der Waals surface area contributed by atoms with Crippen LogP contribution < -0.4 is 10.1 Å². The quantitative estimate of drug-likeness (QED) is 0.547. The van der Waals surface area contributed by atoms with Crippen molar-refractivity contribution >= 4 is 35.0 Å². The molecule has 0 aromatic heterocycles. The fraction of sp³-hybridized carbons (Fsp3) is 0.391. The molecule has 1 N–H and O–H groups in total. The van der Waals surface area contributed by atoms with Gasteiger partial charge >= 0.3 is 0 Å². The summed E-state index contributed by atoms with van der Waals surface area (Å²) in [6, 6.07) is 13.5. The van der Waals surface area contributed by atoms with Crippen LogP contribution in [0.4, 0.5) is 0 Å². The molecule has 0 saturated heterocycles. The Morgan fingerprint density at radius 2 is 1.73 bits per heavy atom. The maximum atomic E-state index is 13.1. The van der Waals surface area contributed by atoms with E-state index in [0.29, 0.717) is 22.2 Å². The van der Waals surface area contributed by atoms with Crippen molar-refractivity contribution in [3.63, 3.8) is 0 Å². The summed E-state index contributed by atoms with van der Waals surface area (Å²) in [6.45, 7) is 5.92. The summed E-state index contributed by atoms with van der Waals surface area (Å²) < 4.78 is 5.63. The number of halogens is 2. The summed E-state index contributed by atoms with van der Waals surface area (Å²) >= 11 is 12.0. The van der Waals surface area contributed by atoms with E-state index in [2.05, 4.69) is 5.32 Å². The second-order valence-corrected chi connectivity index (χ2v) is 8.01. The Kier molecular flexibility index (Phi) is 9.47. The molecule has 0 heterocycles. The molecule has 30 heavy (non-hydrogen) atoms. The smallest absolute Gasteiger partial charge is 0.261 e. The number of nitrogens with one attached hydrogen (secondary N) is 1. The van der Waals surface area contributed by atoms with Gasteiger partial charge in [-0.25, -0.2) is 0 Å². The highest BCUT2D eigenvalue weighted by Crippen LogP contribution is 2.19. The zero-order valence-electron chi connectivity index (χ0n) is 17.5. The summed E-state index contributed by atoms with van der Waals surface area (Å²) in [6.07, 6.45) is 1.30. The Bertz CT molecular complexity index is 843. The lowest BCUT2D eigenvalue weighted by atomic mass is 10.1. The van der Waals surface area contributed by atoms with Crippen molar-refractivity contribution in [2.24, 2.45) is 0 Å². The first-order valence-electron chi connectivity index (χ1n) is 10.1. The van der Waals surface area contributed by atoms with Crippen LogP contribution in [0.3, 0.4) is 0 Å². The average molecular weight is 451 g/mol. The van der Waals surface area contributed by atoms with Crippen LogP contribution in [-0.2, 0) is 16.1 Å². The lowest BCUT2D eigenvalue weighted by Crippen LogP contribution is -2.51. The highest BCUT2D eigenvalue weighted by Gasteiger charge is 2.29. The first kappa shape index (κ1) is 24.0. The van der Waals surface area contributed by atoms with Crippen LogP contribution in [-0.4, -0.2) is 35.4 Å². The molecule has 2 atom stereocenters. The van der Waals surface area contributed by atoms with Crippen LogP contribution in [0.5, 0.6) is 5.75 Å². The molecule has 0 aliphatic rings. The zero-order valence-corrected chi connectivity index (χ0v) is 19.0. The summed E-state index contributed by atoms with van der Waals surface area (Å²) in [5.41, 5.74) is 0.880. The third kappa shape index (κ3) is 7.22. The van der Waals surface area contributed by atoms with E-state index in [1.54, 1.807) is 41.3 Å². The van der Waals surface area contributed by atoms with E-state index in [1.807, 2.05) is 32.9 Å². The van der Waals surface area contributed by atoms with Gasteiger partial charge in [-0.1, -0.05) is 55.2 Å². The Morgan fingerprint density at radius 3 is 2.33 bits per heavy atom. The lowest BCUT2D eigenvalue weighted by molar-refractivity contribution is -0.143. The maximum Gasteiger partial charge on any atom is 0.261 e. The SMILES string of the molecule is CC[C@H](C(=O)N[C@@H](C)CC)N(Cc1ccc(Cl)cc1)C(=O)COc1cccc(Cl)c1. The number of nitrogens with zero attached hydrogens (tertiary/aromatic N) is 1. The highest BCUT2D eigenvalue weighted by atomic mass is 35.5. The minimum atomic E-state index is -0.606. The van der Waals surface area contributed by atoms with E-state index in [0.717, 1.165) is 12.0 Å². The summed E-state index contributed by atoms with van der Waals surface area (Å²) in [5.74, 6) is 0.0485. The van der Waals surface area contributed by atoms with Crippen LogP contribution in [0.1, 0.15) is 39.2 Å². The normalized spacial score (nSPS) is 12.7. The summed E-state index contributed by atoms with van der Waals surface area (Å²) in [5, 5.41) is 4.12. The number of ether oxygens (including phenoxy) is 1. The van der Waals surface area contributed by atoms with Crippen molar-refractivity contribution in [3.8, 4) is 5.75 Å². The predicted molar refractivity (Wildman–Crippen MR) is 121 cm³/mol. The van der Waals surface area contributed by atoms with Gasteiger partial charge in [0.25, 0.3) is 5.91 Å². The molecular formula is C23H28Cl2N2O3. The average Bonchev–Trinajstić information content (AvgIpc) is 2.73. The topological polar surface area (TPSA) is 58.6 Å². The number of amides is 2. The van der Waals surface area contributed by atoms with Gasteiger partial charge in [0.15, 0.2) is 6.61 Å². The zero-order chi connectivity index (χ0) is 22.1. The fourth-order valence-corrected chi connectivity index (χ4v) is 3.24. The molecule has 2 aromatic carbocycles. The lowest BCUT2D eigenvalue weighted by Gasteiger charge is -2.31. The molecule has 0 aliphatic carbocycles. The van der Waals surface area contributed by atoms with Crippen LogP contribution in [0.2, 0.25) is 10.0 Å². The predicted octanol–water partition coefficient (Wildman–Crippen LogP) is 5.09. The van der Waals surface area contributed by atoms with Crippen molar-refractivity contribution in [3.05, 3.63) is 64.1 Å². The van der Waals surface area contributed by atoms with Crippen LogP contribution in [0, 0.1) is 0 Å². The molecule has 0 radical (unpaired) electrons. The third-order valence-corrected chi connectivity index (χ3v) is 5.30. The van der Waals surface area contributed by atoms with Gasteiger partial charge in [-0.2, -0.15) is 0 Å². The Hall–Kier alpha value is -2.24. The molecule has 5 nitrogen and oxygen atoms in total. The summed E-state index contributed by atoms with van der Waals surface area (Å²) in [7, 11) is 0. The molecule has 0 fully saturated rings. The molecule has 0 spiro atoms. The van der Waals surface area contributed by atoms with E-state index in [4.69, 9.17) is 27.9 Å². The molecular weight excluding hydrogens is 423 g/mol. The van der Waals surface area contributed by atoms with E-state index >= 15 is 0 Å². The Labute approximate surface area is 188 Å². The minimum absolute atomic E-state index is 0.0294. The molecule has 2 amide bonds. The second-order valence-electron chi connectivity index (χ2n) is 7.14. The van der Waals surface area contributed by atoms with Crippen molar-refractivity contribution in [2.75, 3.05) is 6.61 Å². The van der Waals surface area contributed by atoms with Crippen LogP contribution in [0.15, 0.2) is 48.5 Å². The standard InChI is InChI=1S/C23H28Cl2N2O3/c1-4-16(3)26-23(29)21(5-2)27(14-17-9-11-18(24)12-10-17)22(28)15-30-20-8-6-7-19(25)13-20/h6-13,16,21H,4-5,14-15H2,1-3H3,(H,26,29)/t16-,21+/m0/s1. The van der Waals surface area contributed by atoms with Gasteiger partial charge in [0.05, 0.1) is 0 Å². The number of rotatable bonds is 10. The fourth-order valence-electron chi connectivity index (χ4n) is 2.93. The van der Waals surface area contributed by atoms with Crippen molar-refractivity contribution < 1.29 is 14.3 Å². The van der Waals surface area contributed by atoms with E-state index < -0.39 is 6.04 Å². The monoisotopic (exact) mass is 450 g/mol. The van der Waals surface area contributed by atoms with Crippen molar-refractivity contribution in [1.29, 1.82) is 0 Å². The minimum Gasteiger partial charge on any atom is -0.484 e. The maximum absolute atomic E-state index is 13.1. The molecule has 7 heteroatoms. The van der Waals surface area contributed by atoms with E-state index in [-0.39, 0.29) is 31.0 Å². The van der Waals surface area contributed by atoms with Gasteiger partial charge in [0, 0.05) is 22.6 Å². The Morgan fingerprint density at radius 1 is 1.03 bits per heavy atom. The summed E-state index contributed by atoms with van der Waals surface area (Å²) in [4.78, 5) is 27.5. The van der Waals surface area contributed by atoms with Crippen molar-refractivity contribution in [1.82, 2.24) is 10.2 Å². The number of benzene rings is 2. The van der Waals surface area contributed by atoms with Gasteiger partial charge < -0.3 is 15.0 Å². The van der Waals surface area contributed by atoms with Gasteiger partial charge in [-0.15, -0.1) is 0 Å². The number of hydrogen-bond acceptors (Lipinski definition) is 3. The number of hydrogen-bond donors (Lipinski definition) is 1. The second kappa shape index (κ2) is 11.8. The van der Waals surface area contributed by atoms with Gasteiger partial charge in [0.2, 0.25) is 5.91 Å². The largest absolute Gasteiger partial charge is 0.484 e. The Balaban J connectivity index is 2.20. The molecule has 0 saturated carbocycles. The molecule has 0 bridgehead atoms. The highest BCUT2D eigenvalue weighted by molar-refractivity contribution is 6.30. The molecule has 0 unspecified atom stereocenters. The number of carbonyl (C=O) groups excluding carboxylic acids is 2. The molecule has 0 aliphatic heterocycles. The molecule has 2 aromatic rings. The number of carbonyl (C=O) groups is 2. The van der Waals surface area contributed by atoms with E-state index in [1.165, 1.54) is 0 Å². The van der Waals surface area contributed by atoms with Gasteiger partial charge in [-0.3, -0.25) is 9.59 Å². The third-order valence-electron chi connectivity index (χ3n) is 4.81. The van der Waals surface area contributed by atoms with E-state index in [9.17, 15) is 9.59 Å². The van der Waals surface area contributed by atoms with Crippen molar-refractivity contribution in [2.45, 2.75) is 52.2 Å². The van der Waals surface area contributed by atoms with Crippen LogP contribution in [0.25, 0.3) is 0 Å². The van der Waals surface area contributed by atoms with Gasteiger partial charge in [-0.05, 0) is 55.7 Å². The first-order valence-corrected chi connectivity index (χ1v) is 10.8. The van der Waals surface area contributed by atoms with Gasteiger partial charge in [0.1, 0.15) is 11.8 Å². The molecule has 2 rings (SSSR count). The van der Waals surface area contributed by atoms with Crippen LogP contribution >= 0.6 is 23.2 Å². The molecule has 162 valence electrons.